The Morgan fingerprint density at radius 2 is 0.551 bits per heavy atom. The summed E-state index contributed by atoms with van der Waals surface area (Å²) < 4.78 is 10.7. The Balaban J connectivity index is 3.40. The summed E-state index contributed by atoms with van der Waals surface area (Å²) in [4.78, 5) is 24.6. The molecule has 0 radical (unpaired) electrons. The quantitative estimate of drug-likeness (QED) is 0.0373. The van der Waals surface area contributed by atoms with Crippen molar-refractivity contribution in [1.82, 2.24) is 0 Å². The molecule has 0 bridgehead atoms. The van der Waals surface area contributed by atoms with Crippen LogP contribution in [0.25, 0.3) is 0 Å². The zero-order valence-electron chi connectivity index (χ0n) is 52.2. The lowest BCUT2D eigenvalue weighted by molar-refractivity contribution is -0.161. The van der Waals surface area contributed by atoms with E-state index in [1.165, 1.54) is 263 Å². The number of aliphatic hydroxyl groups is 1. The number of carbonyl (C=O) groups excluding carboxylic acids is 2. The number of ether oxygens (including phenoxy) is 2. The van der Waals surface area contributed by atoms with Gasteiger partial charge in [0.15, 0.2) is 6.10 Å². The van der Waals surface area contributed by atoms with E-state index < -0.39 is 6.10 Å². The summed E-state index contributed by atoms with van der Waals surface area (Å²) >= 11 is 0. The predicted molar refractivity (Wildman–Crippen MR) is 343 cm³/mol. The molecule has 454 valence electrons. The van der Waals surface area contributed by atoms with E-state index in [9.17, 15) is 14.7 Å². The maximum Gasteiger partial charge on any atom is 0.306 e. The molecular weight excluding hydrogens is 957 g/mol. The van der Waals surface area contributed by atoms with Crippen LogP contribution in [-0.2, 0) is 19.1 Å². The van der Waals surface area contributed by atoms with Gasteiger partial charge in [0, 0.05) is 12.8 Å². The molecule has 0 saturated carbocycles. The fourth-order valence-corrected chi connectivity index (χ4v) is 10.3. The van der Waals surface area contributed by atoms with Crippen LogP contribution in [-0.4, -0.2) is 36.4 Å². The minimum absolute atomic E-state index is 0.0672. The lowest BCUT2D eigenvalue weighted by atomic mass is 10.0. The molecule has 78 heavy (non-hydrogen) atoms. The van der Waals surface area contributed by atoms with Gasteiger partial charge in [-0.3, -0.25) is 9.59 Å². The van der Waals surface area contributed by atoms with Crippen LogP contribution in [0.2, 0.25) is 0 Å². The molecule has 0 spiro atoms. The normalized spacial score (nSPS) is 12.6. The third-order valence-electron chi connectivity index (χ3n) is 15.5. The monoisotopic (exact) mass is 1090 g/mol. The largest absolute Gasteiger partial charge is 0.462 e. The van der Waals surface area contributed by atoms with Crippen LogP contribution < -0.4 is 0 Å². The minimum atomic E-state index is -0.779. The van der Waals surface area contributed by atoms with E-state index in [0.29, 0.717) is 12.8 Å². The Morgan fingerprint density at radius 3 is 0.846 bits per heavy atom. The highest BCUT2D eigenvalue weighted by Gasteiger charge is 2.16. The summed E-state index contributed by atoms with van der Waals surface area (Å²) in [5.41, 5.74) is 0. The zero-order valence-corrected chi connectivity index (χ0v) is 52.2. The van der Waals surface area contributed by atoms with Gasteiger partial charge in [-0.2, -0.15) is 0 Å². The number of carbonyl (C=O) groups is 2. The van der Waals surface area contributed by atoms with E-state index in [4.69, 9.17) is 9.47 Å². The first kappa shape index (κ1) is 75.3. The number of hydrogen-bond donors (Lipinski definition) is 1. The van der Waals surface area contributed by atoms with Gasteiger partial charge in [-0.1, -0.05) is 337 Å². The molecule has 0 aromatic carbocycles. The summed E-state index contributed by atoms with van der Waals surface area (Å²) in [5, 5.41) is 9.69. The van der Waals surface area contributed by atoms with E-state index in [1.807, 2.05) is 0 Å². The van der Waals surface area contributed by atoms with Crippen LogP contribution in [0.15, 0.2) is 72.9 Å². The first-order valence-electron chi connectivity index (χ1n) is 34.5. The number of hydrogen-bond acceptors (Lipinski definition) is 5. The predicted octanol–water partition coefficient (Wildman–Crippen LogP) is 23.9. The number of allylic oxidation sites excluding steroid dienone is 12. The van der Waals surface area contributed by atoms with Crippen molar-refractivity contribution in [3.63, 3.8) is 0 Å². The van der Waals surface area contributed by atoms with Gasteiger partial charge in [0.05, 0.1) is 6.61 Å². The van der Waals surface area contributed by atoms with Gasteiger partial charge < -0.3 is 14.6 Å². The van der Waals surface area contributed by atoms with E-state index >= 15 is 0 Å². The van der Waals surface area contributed by atoms with E-state index in [0.717, 1.165) is 70.6 Å². The molecule has 5 nitrogen and oxygen atoms in total. The third kappa shape index (κ3) is 65.9. The van der Waals surface area contributed by atoms with Crippen molar-refractivity contribution in [2.45, 2.75) is 367 Å². The average molecular weight is 1090 g/mol. The molecule has 0 aromatic rings. The molecule has 5 heteroatoms. The fourth-order valence-electron chi connectivity index (χ4n) is 10.3. The molecule has 0 aliphatic rings. The Bertz CT molecular complexity index is 1370. The van der Waals surface area contributed by atoms with E-state index in [-0.39, 0.29) is 25.2 Å². The second kappa shape index (κ2) is 68.6. The van der Waals surface area contributed by atoms with Gasteiger partial charge >= 0.3 is 11.9 Å². The maximum atomic E-state index is 12.3. The molecule has 1 atom stereocenters. The molecule has 0 saturated heterocycles. The average Bonchev–Trinajstić information content (AvgIpc) is 3.44. The highest BCUT2D eigenvalue weighted by Crippen LogP contribution is 2.18. The van der Waals surface area contributed by atoms with Crippen molar-refractivity contribution in [3.8, 4) is 0 Å². The third-order valence-corrected chi connectivity index (χ3v) is 15.5. The zero-order chi connectivity index (χ0) is 56.2. The Hall–Kier alpha value is -2.66. The van der Waals surface area contributed by atoms with Gasteiger partial charge in [0.25, 0.3) is 0 Å². The summed E-state index contributed by atoms with van der Waals surface area (Å²) in [5.74, 6) is -0.584. The molecule has 0 fully saturated rings. The lowest BCUT2D eigenvalue weighted by Gasteiger charge is -2.15. The molecule has 0 rings (SSSR count). The highest BCUT2D eigenvalue weighted by atomic mass is 16.6. The number of rotatable bonds is 64. The Morgan fingerprint density at radius 1 is 0.308 bits per heavy atom. The van der Waals surface area contributed by atoms with Crippen molar-refractivity contribution >= 4 is 11.9 Å². The second-order valence-electron chi connectivity index (χ2n) is 23.2. The minimum Gasteiger partial charge on any atom is -0.462 e. The molecule has 1 unspecified atom stereocenters. The molecule has 0 aliphatic heterocycles. The topological polar surface area (TPSA) is 72.8 Å². The van der Waals surface area contributed by atoms with Gasteiger partial charge in [-0.25, -0.2) is 0 Å². The van der Waals surface area contributed by atoms with Crippen molar-refractivity contribution in [2.24, 2.45) is 0 Å². The van der Waals surface area contributed by atoms with Crippen LogP contribution >= 0.6 is 0 Å². The van der Waals surface area contributed by atoms with Crippen LogP contribution in [0.3, 0.4) is 0 Å². The van der Waals surface area contributed by atoms with Crippen LogP contribution in [0.1, 0.15) is 361 Å². The SMILES string of the molecule is CC/C=C\C/C=C\C/C=C\C/C=C\C/C=C\CCCCCCCCCCCC(=O)OC(CO)COC(=O)CCCCCCCCCCCCCCCCCCCCCCCCCCCCC/C=C\CCCCCCCCCC. The molecular formula is C73H132O5. The summed E-state index contributed by atoms with van der Waals surface area (Å²) in [6, 6.07) is 0. The molecule has 0 aromatic heterocycles. The smallest absolute Gasteiger partial charge is 0.306 e. The van der Waals surface area contributed by atoms with Gasteiger partial charge in [-0.05, 0) is 83.5 Å². The van der Waals surface area contributed by atoms with Crippen molar-refractivity contribution in [3.05, 3.63) is 72.9 Å². The lowest BCUT2D eigenvalue weighted by Crippen LogP contribution is -2.28. The molecule has 0 aliphatic carbocycles. The number of esters is 2. The summed E-state index contributed by atoms with van der Waals surface area (Å²) in [6.07, 6.45) is 95.1. The van der Waals surface area contributed by atoms with E-state index in [1.54, 1.807) is 0 Å². The van der Waals surface area contributed by atoms with E-state index in [2.05, 4.69) is 86.8 Å². The summed E-state index contributed by atoms with van der Waals surface area (Å²) in [7, 11) is 0. The van der Waals surface area contributed by atoms with Crippen LogP contribution in [0, 0.1) is 0 Å². The Kier molecular flexibility index (Phi) is 66.3. The first-order valence-corrected chi connectivity index (χ1v) is 34.5. The van der Waals surface area contributed by atoms with Gasteiger partial charge in [0.2, 0.25) is 0 Å². The van der Waals surface area contributed by atoms with Crippen molar-refractivity contribution < 1.29 is 24.2 Å². The highest BCUT2D eigenvalue weighted by molar-refractivity contribution is 5.70. The van der Waals surface area contributed by atoms with Gasteiger partial charge in [0.1, 0.15) is 6.61 Å². The van der Waals surface area contributed by atoms with Crippen molar-refractivity contribution in [1.29, 1.82) is 0 Å². The summed E-state index contributed by atoms with van der Waals surface area (Å²) in [6.45, 7) is 4.06. The maximum absolute atomic E-state index is 12.3. The Labute approximate surface area is 486 Å². The van der Waals surface area contributed by atoms with Crippen molar-refractivity contribution in [2.75, 3.05) is 13.2 Å². The standard InChI is InChI=1S/C73H132O5/c1-3-5-7-9-11-13-15-17-19-21-23-25-27-29-30-31-32-33-34-35-36-37-38-39-40-41-42-44-45-47-49-51-53-55-57-59-61-63-65-67-72(75)77-70-71(69-74)78-73(76)68-66-64-62-60-58-56-54-52-50-48-46-43-28-26-24-22-20-18-16-14-12-10-8-6-4-2/h6,8,12,14,18,20-21,23-24,26,43,46,71,74H,3-5,7,9-11,13,15-17,19,22,25,27-42,44-45,47-70H2,1-2H3/b8-6-,14-12-,20-18-,23-21-,26-24-,46-43-. The second-order valence-corrected chi connectivity index (χ2v) is 23.2. The number of unbranched alkanes of at least 4 members (excludes halogenated alkanes) is 44. The molecule has 0 amide bonds. The molecule has 1 N–H and O–H groups in total. The fraction of sp³-hybridized carbons (Fsp3) is 0.808. The molecule has 0 heterocycles. The van der Waals surface area contributed by atoms with Crippen LogP contribution in [0.4, 0.5) is 0 Å². The first-order chi connectivity index (χ1) is 38.6. The van der Waals surface area contributed by atoms with Crippen LogP contribution in [0.5, 0.6) is 0 Å². The number of aliphatic hydroxyl groups excluding tert-OH is 1. The van der Waals surface area contributed by atoms with Gasteiger partial charge in [-0.15, -0.1) is 0 Å².